The lowest BCUT2D eigenvalue weighted by Crippen LogP contribution is -2.66. The Bertz CT molecular complexity index is 1470. The van der Waals surface area contributed by atoms with Crippen molar-refractivity contribution in [1.82, 2.24) is 24.8 Å². The molecule has 0 radical (unpaired) electrons. The third kappa shape index (κ3) is 5.07. The highest BCUT2D eigenvalue weighted by Gasteiger charge is 2.47. The molecule has 198 valence electrons. The fourth-order valence-electron chi connectivity index (χ4n) is 4.95. The monoisotopic (exact) mass is 525 g/mol. The van der Waals surface area contributed by atoms with Crippen molar-refractivity contribution in [3.05, 3.63) is 59.2 Å². The molecular formula is C25H28F4N6O2. The number of urea groups is 1. The first-order chi connectivity index (χ1) is 19.5. The van der Waals surface area contributed by atoms with Gasteiger partial charge in [0.2, 0.25) is 0 Å². The molecule has 37 heavy (non-hydrogen) atoms. The molecule has 1 aromatic carbocycles. The van der Waals surface area contributed by atoms with Gasteiger partial charge in [0.15, 0.2) is 11.3 Å². The second kappa shape index (κ2) is 9.47. The Morgan fingerprint density at radius 3 is 2.68 bits per heavy atom. The zero-order chi connectivity index (χ0) is 30.7. The molecule has 12 heteroatoms. The van der Waals surface area contributed by atoms with Crippen LogP contribution in [0.1, 0.15) is 49.9 Å². The predicted octanol–water partition coefficient (Wildman–Crippen LogP) is 3.74. The van der Waals surface area contributed by atoms with Gasteiger partial charge in [-0.1, -0.05) is 19.0 Å². The second-order valence-electron chi connectivity index (χ2n) is 9.56. The van der Waals surface area contributed by atoms with E-state index < -0.39 is 53.8 Å². The smallest absolute Gasteiger partial charge is 0.393 e. The molecule has 8 nitrogen and oxygen atoms in total. The highest BCUT2D eigenvalue weighted by Crippen LogP contribution is 2.36. The number of aliphatic hydroxyl groups excluding tert-OH is 1. The molecule has 2 amide bonds. The molecule has 3 heterocycles. The van der Waals surface area contributed by atoms with Crippen molar-refractivity contribution in [1.29, 1.82) is 0 Å². The van der Waals surface area contributed by atoms with Gasteiger partial charge in [0.05, 0.1) is 6.10 Å². The predicted molar refractivity (Wildman–Crippen MR) is 128 cm³/mol. The number of amides is 2. The van der Waals surface area contributed by atoms with Gasteiger partial charge in [0, 0.05) is 55.8 Å². The number of alkyl halides is 3. The van der Waals surface area contributed by atoms with Crippen molar-refractivity contribution in [3.63, 3.8) is 0 Å². The van der Waals surface area contributed by atoms with E-state index in [1.165, 1.54) is 29.2 Å². The van der Waals surface area contributed by atoms with Gasteiger partial charge in [0.25, 0.3) is 0 Å². The number of aryl methyl sites for hydroxylation is 1. The molecule has 0 unspecified atom stereocenters. The van der Waals surface area contributed by atoms with E-state index in [0.717, 1.165) is 10.6 Å². The number of carbonyl (C=O) groups is 1. The number of hydrogen-bond donors (Lipinski definition) is 3. The Balaban J connectivity index is 1.46. The van der Waals surface area contributed by atoms with Crippen molar-refractivity contribution >= 4 is 17.5 Å². The van der Waals surface area contributed by atoms with E-state index in [2.05, 4.69) is 20.7 Å². The zero-order valence-electron chi connectivity index (χ0n) is 24.5. The number of carbonyl (C=O) groups excluding carboxylic acids is 1. The maximum Gasteiger partial charge on any atom is 0.435 e. The number of anilines is 1. The molecule has 5 rings (SSSR count). The molecule has 2 atom stereocenters. The number of fused-ring (bicyclic) bond motifs is 1. The summed E-state index contributed by atoms with van der Waals surface area (Å²) in [6.45, 7) is -2.89. The molecule has 1 saturated carbocycles. The van der Waals surface area contributed by atoms with Crippen LogP contribution in [0.15, 0.2) is 36.4 Å². The van der Waals surface area contributed by atoms with Gasteiger partial charge >= 0.3 is 12.2 Å². The van der Waals surface area contributed by atoms with Gasteiger partial charge < -0.3 is 20.6 Å². The van der Waals surface area contributed by atoms with Gasteiger partial charge in [-0.3, -0.25) is 0 Å². The van der Waals surface area contributed by atoms with Crippen molar-refractivity contribution < 1.29 is 34.3 Å². The Morgan fingerprint density at radius 1 is 1.27 bits per heavy atom. The fourth-order valence-corrected chi connectivity index (χ4v) is 4.95. The number of likely N-dealkylation sites (tertiary alicyclic amines) is 1. The first kappa shape index (κ1) is 19.7. The summed E-state index contributed by atoms with van der Waals surface area (Å²) in [6, 6.07) is 6.63. The van der Waals surface area contributed by atoms with Crippen LogP contribution in [0.5, 0.6) is 0 Å². The number of aliphatic hydroxyl groups is 1. The molecule has 0 spiro atoms. The number of hydrogen-bond acceptors (Lipinski definition) is 5. The molecule has 2 fully saturated rings. The molecule has 1 aliphatic heterocycles. The summed E-state index contributed by atoms with van der Waals surface area (Å²) >= 11 is 0. The third-order valence-corrected chi connectivity index (χ3v) is 6.92. The lowest BCUT2D eigenvalue weighted by atomic mass is 9.73. The number of halogens is 4. The summed E-state index contributed by atoms with van der Waals surface area (Å²) in [6.07, 6.45) is -6.66. The van der Waals surface area contributed by atoms with Crippen molar-refractivity contribution in [2.24, 2.45) is 0 Å². The van der Waals surface area contributed by atoms with Gasteiger partial charge in [0.1, 0.15) is 11.6 Å². The lowest BCUT2D eigenvalue weighted by molar-refractivity contribution is -0.141. The highest BCUT2D eigenvalue weighted by atomic mass is 19.4. The number of nitrogens with one attached hydrogen (secondary N) is 2. The summed E-state index contributed by atoms with van der Waals surface area (Å²) in [5, 5.41) is 19.2. The van der Waals surface area contributed by atoms with Crippen LogP contribution in [0.25, 0.3) is 5.65 Å². The zero-order valence-corrected chi connectivity index (χ0v) is 19.5. The van der Waals surface area contributed by atoms with Crippen LogP contribution >= 0.6 is 0 Å². The molecular weight excluding hydrogens is 492 g/mol. The number of rotatable bonds is 6. The minimum atomic E-state index is -4.85. The first-order valence-corrected chi connectivity index (χ1v) is 11.7. The van der Waals surface area contributed by atoms with Crippen molar-refractivity contribution in [3.8, 4) is 0 Å². The van der Waals surface area contributed by atoms with E-state index in [4.69, 9.17) is 6.85 Å². The normalized spacial score (nSPS) is 23.9. The van der Waals surface area contributed by atoms with Crippen LogP contribution < -0.4 is 10.6 Å². The average molecular weight is 526 g/mol. The SMILES string of the molecule is [2H]C([2H])([2H])C([2H])([2H])c1cc(NCC2(c3ccc(F)cc3)CN(C(=O)N[C@@H]3CC[C@@H](O)C3)C2)n2nc(C(F)(F)F)cc2n1. The van der Waals surface area contributed by atoms with Gasteiger partial charge in [-0.25, -0.2) is 14.2 Å². The summed E-state index contributed by atoms with van der Waals surface area (Å²) < 4.78 is 94.0. The quantitative estimate of drug-likeness (QED) is 0.427. The van der Waals surface area contributed by atoms with Crippen molar-refractivity contribution in [2.75, 3.05) is 25.0 Å². The molecule has 1 aliphatic carbocycles. The minimum Gasteiger partial charge on any atom is -0.393 e. The van der Waals surface area contributed by atoms with Crippen LogP contribution in [0.2, 0.25) is 0 Å². The summed E-state index contributed by atoms with van der Waals surface area (Å²) in [4.78, 5) is 18.3. The molecule has 0 bridgehead atoms. The van der Waals surface area contributed by atoms with Crippen LogP contribution in [-0.4, -0.2) is 62.4 Å². The van der Waals surface area contributed by atoms with E-state index in [9.17, 15) is 27.5 Å². The molecule has 1 saturated heterocycles. The summed E-state index contributed by atoms with van der Waals surface area (Å²) in [5.74, 6) is -0.637. The third-order valence-electron chi connectivity index (χ3n) is 6.92. The number of aromatic nitrogens is 3. The van der Waals surface area contributed by atoms with Crippen LogP contribution in [-0.2, 0) is 18.0 Å². The summed E-state index contributed by atoms with van der Waals surface area (Å²) in [7, 11) is 0. The Kier molecular flexibility index (Phi) is 5.04. The van der Waals surface area contributed by atoms with E-state index in [1.807, 2.05) is 0 Å². The number of nitrogens with zero attached hydrogens (tertiary/aromatic N) is 4. The molecule has 3 aromatic rings. The maximum absolute atomic E-state index is 13.7. The summed E-state index contributed by atoms with van der Waals surface area (Å²) in [5.41, 5.74) is -2.54. The van der Waals surface area contributed by atoms with Gasteiger partial charge in [-0.05, 0) is 43.3 Å². The number of benzene rings is 1. The standard InChI is InChI=1S/C25H28F4N6O2/c1-2-17-10-21(35-22(31-17)11-20(33-35)25(27,28)29)30-12-24(15-3-5-16(26)6-4-15)13-34(14-24)23(37)32-18-7-8-19(36)9-18/h3-6,10-11,18-19,30,36H,2,7-9,12-14H2,1H3,(H,32,37)/t18-,19-/m1/s1/i1D3,2D2. The van der Waals surface area contributed by atoms with E-state index >= 15 is 0 Å². The minimum absolute atomic E-state index is 0.0128. The van der Waals surface area contributed by atoms with Crippen LogP contribution in [0.3, 0.4) is 0 Å². The molecule has 2 aliphatic rings. The Morgan fingerprint density at radius 2 is 2.03 bits per heavy atom. The average Bonchev–Trinajstić information content (AvgIpc) is 3.49. The fraction of sp³-hybridized carbons (Fsp3) is 0.480. The second-order valence-corrected chi connectivity index (χ2v) is 9.56. The van der Waals surface area contributed by atoms with Crippen LogP contribution in [0, 0.1) is 5.82 Å². The highest BCUT2D eigenvalue weighted by molar-refractivity contribution is 5.76. The molecule has 2 aromatic heterocycles. The topological polar surface area (TPSA) is 94.8 Å². The largest absolute Gasteiger partial charge is 0.435 e. The van der Waals surface area contributed by atoms with Crippen LogP contribution in [0.4, 0.5) is 28.2 Å². The van der Waals surface area contributed by atoms with Gasteiger partial charge in [-0.15, -0.1) is 0 Å². The van der Waals surface area contributed by atoms with E-state index in [-0.39, 0.29) is 37.5 Å². The van der Waals surface area contributed by atoms with E-state index in [0.29, 0.717) is 30.9 Å². The van der Waals surface area contributed by atoms with E-state index in [1.54, 1.807) is 0 Å². The first-order valence-electron chi connectivity index (χ1n) is 14.2. The van der Waals surface area contributed by atoms with Gasteiger partial charge in [-0.2, -0.15) is 22.8 Å². The maximum atomic E-state index is 13.7. The lowest BCUT2D eigenvalue weighted by Gasteiger charge is -2.50. The molecule has 3 N–H and O–H groups in total. The Labute approximate surface area is 217 Å². The van der Waals surface area contributed by atoms with Crippen molar-refractivity contribution in [2.45, 2.75) is 56.2 Å². The Hall–Kier alpha value is -3.41.